The smallest absolute Gasteiger partial charge is 0.0533 e. The lowest BCUT2D eigenvalue weighted by Crippen LogP contribution is -2.40. The van der Waals surface area contributed by atoms with Gasteiger partial charge in [-0.2, -0.15) is 0 Å². The van der Waals surface area contributed by atoms with Gasteiger partial charge in [0.05, 0.1) is 6.61 Å². The summed E-state index contributed by atoms with van der Waals surface area (Å²) in [5, 5.41) is 0. The zero-order chi connectivity index (χ0) is 9.73. The minimum absolute atomic E-state index is 0.269. The van der Waals surface area contributed by atoms with Gasteiger partial charge < -0.3 is 10.5 Å². The lowest BCUT2D eigenvalue weighted by atomic mass is 9.73. The maximum absolute atomic E-state index is 5.90. The molecule has 0 aromatic rings. The van der Waals surface area contributed by atoms with Crippen LogP contribution in [0.5, 0.6) is 0 Å². The van der Waals surface area contributed by atoms with E-state index in [0.717, 1.165) is 25.5 Å². The molecule has 1 aliphatic carbocycles. The van der Waals surface area contributed by atoms with E-state index in [1.54, 1.807) is 7.11 Å². The summed E-state index contributed by atoms with van der Waals surface area (Å²) in [5.74, 6) is 0.808. The van der Waals surface area contributed by atoms with Gasteiger partial charge in [-0.25, -0.2) is 0 Å². The summed E-state index contributed by atoms with van der Waals surface area (Å²) in [5.41, 5.74) is 6.17. The second-order valence-electron chi connectivity index (χ2n) is 4.33. The zero-order valence-electron chi connectivity index (χ0n) is 9.01. The van der Waals surface area contributed by atoms with E-state index in [4.69, 9.17) is 10.5 Å². The van der Waals surface area contributed by atoms with Crippen LogP contribution in [0.2, 0.25) is 0 Å². The lowest BCUT2D eigenvalue weighted by Gasteiger charge is -2.36. The summed E-state index contributed by atoms with van der Waals surface area (Å²) >= 11 is 0. The van der Waals surface area contributed by atoms with Crippen molar-refractivity contribution < 1.29 is 4.74 Å². The first-order valence-corrected chi connectivity index (χ1v) is 5.48. The van der Waals surface area contributed by atoms with Gasteiger partial charge in [-0.3, -0.25) is 0 Å². The van der Waals surface area contributed by atoms with Crippen molar-refractivity contribution in [1.82, 2.24) is 0 Å². The molecule has 0 radical (unpaired) electrons. The summed E-state index contributed by atoms with van der Waals surface area (Å²) in [6, 6.07) is 0. The molecule has 0 heterocycles. The Bertz CT molecular complexity index is 137. The summed E-state index contributed by atoms with van der Waals surface area (Å²) < 4.78 is 5.32. The van der Waals surface area contributed by atoms with Crippen molar-refractivity contribution in [2.75, 3.05) is 20.3 Å². The summed E-state index contributed by atoms with van der Waals surface area (Å²) in [4.78, 5) is 0. The van der Waals surface area contributed by atoms with Crippen LogP contribution in [0.15, 0.2) is 0 Å². The van der Waals surface area contributed by atoms with Crippen LogP contribution in [0.3, 0.4) is 0 Å². The van der Waals surface area contributed by atoms with Crippen LogP contribution in [0.4, 0.5) is 0 Å². The third-order valence-electron chi connectivity index (χ3n) is 3.76. The van der Waals surface area contributed by atoms with Crippen molar-refractivity contribution in [3.8, 4) is 0 Å². The number of rotatable bonds is 5. The third kappa shape index (κ3) is 2.23. The Morgan fingerprint density at radius 1 is 1.38 bits per heavy atom. The molecule has 0 aromatic carbocycles. The largest absolute Gasteiger partial charge is 0.384 e. The predicted molar refractivity (Wildman–Crippen MR) is 55.6 cm³/mol. The minimum Gasteiger partial charge on any atom is -0.384 e. The highest BCUT2D eigenvalue weighted by molar-refractivity contribution is 4.88. The molecule has 13 heavy (non-hydrogen) atoms. The molecule has 0 saturated heterocycles. The Morgan fingerprint density at radius 3 is 2.38 bits per heavy atom. The monoisotopic (exact) mass is 185 g/mol. The first kappa shape index (κ1) is 11.0. The van der Waals surface area contributed by atoms with Gasteiger partial charge in [0, 0.05) is 19.1 Å². The molecule has 1 rings (SSSR count). The molecule has 0 spiro atoms. The predicted octanol–water partition coefficient (Wildman–Crippen LogP) is 2.18. The maximum Gasteiger partial charge on any atom is 0.0533 e. The fourth-order valence-corrected chi connectivity index (χ4v) is 2.70. The van der Waals surface area contributed by atoms with Crippen LogP contribution < -0.4 is 5.73 Å². The van der Waals surface area contributed by atoms with E-state index in [-0.39, 0.29) is 5.41 Å². The summed E-state index contributed by atoms with van der Waals surface area (Å²) in [7, 11) is 1.79. The maximum atomic E-state index is 5.90. The molecule has 2 nitrogen and oxygen atoms in total. The molecule has 2 N–H and O–H groups in total. The van der Waals surface area contributed by atoms with Gasteiger partial charge in [-0.15, -0.1) is 0 Å². The number of nitrogens with two attached hydrogens (primary N) is 1. The summed E-state index contributed by atoms with van der Waals surface area (Å²) in [6.45, 7) is 3.86. The quantitative estimate of drug-likeness (QED) is 0.712. The first-order valence-electron chi connectivity index (χ1n) is 5.48. The minimum atomic E-state index is 0.269. The van der Waals surface area contributed by atoms with Crippen molar-refractivity contribution in [2.45, 2.75) is 39.0 Å². The standard InChI is InChI=1S/C11H23NO/c1-3-11(8-12,9-13-2)10-6-4-5-7-10/h10H,3-9,12H2,1-2H3. The van der Waals surface area contributed by atoms with E-state index in [2.05, 4.69) is 6.92 Å². The Labute approximate surface area is 81.8 Å². The number of ether oxygens (including phenoxy) is 1. The van der Waals surface area contributed by atoms with Gasteiger partial charge >= 0.3 is 0 Å². The van der Waals surface area contributed by atoms with Gasteiger partial charge in [-0.05, 0) is 25.2 Å². The van der Waals surface area contributed by atoms with E-state index in [0.29, 0.717) is 0 Å². The van der Waals surface area contributed by atoms with E-state index in [1.807, 2.05) is 0 Å². The van der Waals surface area contributed by atoms with Gasteiger partial charge in [0.15, 0.2) is 0 Å². The fraction of sp³-hybridized carbons (Fsp3) is 1.00. The third-order valence-corrected chi connectivity index (χ3v) is 3.76. The van der Waals surface area contributed by atoms with Crippen LogP contribution >= 0.6 is 0 Å². The first-order chi connectivity index (χ1) is 6.29. The molecule has 1 aliphatic rings. The van der Waals surface area contributed by atoms with Crippen molar-refractivity contribution in [3.05, 3.63) is 0 Å². The number of hydrogen-bond acceptors (Lipinski definition) is 2. The molecule has 0 amide bonds. The van der Waals surface area contributed by atoms with E-state index < -0.39 is 0 Å². The molecule has 0 aliphatic heterocycles. The second-order valence-corrected chi connectivity index (χ2v) is 4.33. The topological polar surface area (TPSA) is 35.2 Å². The highest BCUT2D eigenvalue weighted by atomic mass is 16.5. The van der Waals surface area contributed by atoms with E-state index in [1.165, 1.54) is 25.7 Å². The molecule has 1 unspecified atom stereocenters. The molecule has 2 heteroatoms. The van der Waals surface area contributed by atoms with Gasteiger partial charge in [-0.1, -0.05) is 19.8 Å². The molecule has 1 fully saturated rings. The van der Waals surface area contributed by atoms with E-state index in [9.17, 15) is 0 Å². The van der Waals surface area contributed by atoms with Crippen LogP contribution in [0.25, 0.3) is 0 Å². The van der Waals surface area contributed by atoms with E-state index >= 15 is 0 Å². The van der Waals surface area contributed by atoms with Crippen LogP contribution in [-0.2, 0) is 4.74 Å². The Kier molecular flexibility index (Phi) is 4.20. The fourth-order valence-electron chi connectivity index (χ4n) is 2.70. The van der Waals surface area contributed by atoms with Crippen LogP contribution in [0.1, 0.15) is 39.0 Å². The Morgan fingerprint density at radius 2 is 2.00 bits per heavy atom. The van der Waals surface area contributed by atoms with Gasteiger partial charge in [0.25, 0.3) is 0 Å². The zero-order valence-corrected chi connectivity index (χ0v) is 9.01. The average molecular weight is 185 g/mol. The Hall–Kier alpha value is -0.0800. The van der Waals surface area contributed by atoms with Gasteiger partial charge in [0.1, 0.15) is 0 Å². The SMILES string of the molecule is CCC(CN)(COC)C1CCCC1. The van der Waals surface area contributed by atoms with Crippen molar-refractivity contribution in [3.63, 3.8) is 0 Å². The van der Waals surface area contributed by atoms with Gasteiger partial charge in [0.2, 0.25) is 0 Å². The molecule has 0 bridgehead atoms. The molecule has 0 aromatic heterocycles. The Balaban J connectivity index is 2.62. The van der Waals surface area contributed by atoms with Crippen molar-refractivity contribution in [1.29, 1.82) is 0 Å². The average Bonchev–Trinajstić information content (AvgIpc) is 2.68. The van der Waals surface area contributed by atoms with Crippen LogP contribution in [0, 0.1) is 11.3 Å². The molecule has 1 saturated carbocycles. The van der Waals surface area contributed by atoms with Crippen molar-refractivity contribution in [2.24, 2.45) is 17.1 Å². The molecular weight excluding hydrogens is 162 g/mol. The number of methoxy groups -OCH3 is 1. The normalized spacial score (nSPS) is 23.3. The molecule has 1 atom stereocenters. The molecule has 78 valence electrons. The van der Waals surface area contributed by atoms with Crippen molar-refractivity contribution >= 4 is 0 Å². The highest BCUT2D eigenvalue weighted by Crippen LogP contribution is 2.41. The van der Waals surface area contributed by atoms with Crippen LogP contribution in [-0.4, -0.2) is 20.3 Å². The summed E-state index contributed by atoms with van der Waals surface area (Å²) in [6.07, 6.45) is 6.64. The lowest BCUT2D eigenvalue weighted by molar-refractivity contribution is 0.0357. The highest BCUT2D eigenvalue weighted by Gasteiger charge is 2.37. The molecular formula is C11H23NO. The second kappa shape index (κ2) is 4.97. The number of hydrogen-bond donors (Lipinski definition) is 1.